The fourth-order valence-corrected chi connectivity index (χ4v) is 3.94. The second kappa shape index (κ2) is 8.67. The van der Waals surface area contributed by atoms with Crippen molar-refractivity contribution in [2.24, 2.45) is 0 Å². The first-order valence-electron chi connectivity index (χ1n) is 10.3. The van der Waals surface area contributed by atoms with Crippen LogP contribution < -0.4 is 16.3 Å². The summed E-state index contributed by atoms with van der Waals surface area (Å²) in [4.78, 5) is 33.7. The van der Waals surface area contributed by atoms with Gasteiger partial charge in [0.25, 0.3) is 5.56 Å². The second-order valence-electron chi connectivity index (χ2n) is 7.44. The maximum atomic E-state index is 13.8. The first-order chi connectivity index (χ1) is 16.4. The lowest BCUT2D eigenvalue weighted by atomic mass is 10.1. The van der Waals surface area contributed by atoms with Crippen molar-refractivity contribution in [3.05, 3.63) is 81.9 Å². The van der Waals surface area contributed by atoms with Crippen LogP contribution in [0.4, 0.5) is 20.3 Å². The molecule has 34 heavy (non-hydrogen) atoms. The van der Waals surface area contributed by atoms with Gasteiger partial charge >= 0.3 is 0 Å². The molecule has 5 aromatic rings. The van der Waals surface area contributed by atoms with Gasteiger partial charge in [-0.2, -0.15) is 0 Å². The van der Waals surface area contributed by atoms with Crippen molar-refractivity contribution < 1.29 is 8.78 Å². The van der Waals surface area contributed by atoms with Crippen LogP contribution in [0.25, 0.3) is 22.1 Å². The molecule has 1 atom stereocenters. The van der Waals surface area contributed by atoms with E-state index in [9.17, 15) is 13.6 Å². The van der Waals surface area contributed by atoms with Crippen molar-refractivity contribution in [1.29, 1.82) is 0 Å². The van der Waals surface area contributed by atoms with Gasteiger partial charge in [0.05, 0.1) is 34.0 Å². The largest absolute Gasteiger partial charge is 0.358 e. The molecule has 0 bridgehead atoms. The minimum Gasteiger partial charge on any atom is -0.358 e. The van der Waals surface area contributed by atoms with Gasteiger partial charge < -0.3 is 10.3 Å². The van der Waals surface area contributed by atoms with E-state index in [1.54, 1.807) is 18.2 Å². The first kappa shape index (κ1) is 21.7. The molecule has 0 radical (unpaired) electrons. The van der Waals surface area contributed by atoms with Crippen LogP contribution in [0.15, 0.2) is 53.8 Å². The van der Waals surface area contributed by atoms with E-state index < -0.39 is 23.2 Å². The number of aromatic nitrogens is 6. The number of aromatic amines is 1. The molecule has 0 aliphatic rings. The van der Waals surface area contributed by atoms with Crippen molar-refractivity contribution in [3.63, 3.8) is 0 Å². The zero-order chi connectivity index (χ0) is 23.8. The number of rotatable bonds is 6. The quantitative estimate of drug-likeness (QED) is 0.328. The van der Waals surface area contributed by atoms with Gasteiger partial charge in [-0.3, -0.25) is 10.2 Å². The predicted octanol–water partition coefficient (Wildman–Crippen LogP) is 4.43. The number of nitrogens with zero attached hydrogens (tertiary/aromatic N) is 5. The number of imidazole rings is 1. The monoisotopic (exact) mass is 482 g/mol. The highest BCUT2D eigenvalue weighted by Gasteiger charge is 2.22. The molecule has 0 saturated carbocycles. The first-order valence-corrected chi connectivity index (χ1v) is 10.7. The number of hydrogen-bond donors (Lipinski definition) is 3. The van der Waals surface area contributed by atoms with Gasteiger partial charge in [0.1, 0.15) is 23.5 Å². The van der Waals surface area contributed by atoms with Crippen LogP contribution in [0.5, 0.6) is 0 Å². The Morgan fingerprint density at radius 2 is 1.94 bits per heavy atom. The third-order valence-corrected chi connectivity index (χ3v) is 5.54. The second-order valence-corrected chi connectivity index (χ2v) is 7.85. The molecule has 0 aliphatic carbocycles. The van der Waals surface area contributed by atoms with Gasteiger partial charge in [-0.1, -0.05) is 24.6 Å². The molecule has 9 nitrogen and oxygen atoms in total. The van der Waals surface area contributed by atoms with E-state index in [2.05, 4.69) is 35.7 Å². The van der Waals surface area contributed by atoms with E-state index in [0.29, 0.717) is 28.9 Å². The van der Waals surface area contributed by atoms with Gasteiger partial charge in [-0.25, -0.2) is 33.4 Å². The molecule has 1 unspecified atom stereocenters. The number of H-pyrrole nitrogens is 1. The van der Waals surface area contributed by atoms with Crippen molar-refractivity contribution in [2.45, 2.75) is 19.4 Å². The van der Waals surface area contributed by atoms with Crippen LogP contribution in [0.2, 0.25) is 5.02 Å². The fraction of sp³-hybridized carbons (Fsp3) is 0.136. The molecule has 2 aromatic carbocycles. The van der Waals surface area contributed by atoms with Crippen LogP contribution in [-0.4, -0.2) is 29.6 Å². The zero-order valence-corrected chi connectivity index (χ0v) is 18.4. The summed E-state index contributed by atoms with van der Waals surface area (Å²) in [6.45, 7) is 1.89. The average Bonchev–Trinajstić information content (AvgIpc) is 3.28. The van der Waals surface area contributed by atoms with Gasteiger partial charge in [0, 0.05) is 6.07 Å². The molecular formula is C22H17ClF2N8O. The van der Waals surface area contributed by atoms with E-state index in [1.165, 1.54) is 12.7 Å². The molecule has 12 heteroatoms. The van der Waals surface area contributed by atoms with Gasteiger partial charge in [0.2, 0.25) is 0 Å². The molecule has 0 saturated heterocycles. The Bertz CT molecular complexity index is 1560. The highest BCUT2D eigenvalue weighted by molar-refractivity contribution is 6.35. The average molecular weight is 483 g/mol. The van der Waals surface area contributed by atoms with E-state index in [4.69, 9.17) is 11.6 Å². The molecule has 3 N–H and O–H groups in total. The number of nitrogens with one attached hydrogen (secondary N) is 3. The number of fused-ring (bicyclic) bond motifs is 2. The summed E-state index contributed by atoms with van der Waals surface area (Å²) in [5.41, 5.74) is 3.72. The lowest BCUT2D eigenvalue weighted by Crippen LogP contribution is -2.34. The van der Waals surface area contributed by atoms with E-state index >= 15 is 0 Å². The minimum atomic E-state index is -0.795. The zero-order valence-electron chi connectivity index (χ0n) is 17.7. The van der Waals surface area contributed by atoms with Gasteiger partial charge in [-0.15, -0.1) is 0 Å². The predicted molar refractivity (Wildman–Crippen MR) is 125 cm³/mol. The molecule has 3 heterocycles. The Kier molecular flexibility index (Phi) is 5.54. The molecule has 172 valence electrons. The summed E-state index contributed by atoms with van der Waals surface area (Å²) in [7, 11) is 0. The summed E-state index contributed by atoms with van der Waals surface area (Å²) >= 11 is 6.29. The summed E-state index contributed by atoms with van der Waals surface area (Å²) in [5.74, 6) is -0.871. The molecular weight excluding hydrogens is 466 g/mol. The van der Waals surface area contributed by atoms with Crippen molar-refractivity contribution in [3.8, 4) is 0 Å². The summed E-state index contributed by atoms with van der Waals surface area (Å²) in [6, 6.07) is 7.28. The lowest BCUT2D eigenvalue weighted by Gasteiger charge is -2.23. The molecule has 0 amide bonds. The number of hydrogen-bond acceptors (Lipinski definition) is 7. The summed E-state index contributed by atoms with van der Waals surface area (Å²) in [5, 5.41) is 3.64. The van der Waals surface area contributed by atoms with Gasteiger partial charge in [0.15, 0.2) is 17.3 Å². The molecule has 0 spiro atoms. The Morgan fingerprint density at radius 3 is 2.71 bits per heavy atom. The Hall–Kier alpha value is -4.12. The summed E-state index contributed by atoms with van der Waals surface area (Å²) < 4.78 is 28.8. The maximum Gasteiger partial charge on any atom is 0.281 e. The molecule has 5 rings (SSSR count). The Morgan fingerprint density at radius 1 is 1.15 bits per heavy atom. The van der Waals surface area contributed by atoms with E-state index in [0.717, 1.165) is 22.9 Å². The molecule has 3 aromatic heterocycles. The number of anilines is 2. The Labute approximate surface area is 195 Å². The normalized spacial score (nSPS) is 12.2. The van der Waals surface area contributed by atoms with Crippen LogP contribution in [0, 0.1) is 11.6 Å². The maximum absolute atomic E-state index is 13.8. The standard InChI is InChI=1S/C22H17ClF2N8O/c1-2-15(30-20-18-19(27-9-26-18)28-10-29-20)21-31-16-5-3-4-14(23)17(16)22(34)33(21)32-13-7-11(24)6-12(25)8-13/h3-10,15,32H,2H2,1H3,(H2,26,27,28,29,30). The highest BCUT2D eigenvalue weighted by atomic mass is 35.5. The highest BCUT2D eigenvalue weighted by Crippen LogP contribution is 2.26. The third kappa shape index (κ3) is 3.90. The number of halogens is 3. The fourth-order valence-electron chi connectivity index (χ4n) is 3.68. The topological polar surface area (TPSA) is 113 Å². The smallest absolute Gasteiger partial charge is 0.281 e. The van der Waals surface area contributed by atoms with Gasteiger partial charge in [-0.05, 0) is 30.7 Å². The SMILES string of the molecule is CCC(Nc1ncnc2nc[nH]c12)c1nc2cccc(Cl)c2c(=O)n1Nc1cc(F)cc(F)c1. The lowest BCUT2D eigenvalue weighted by molar-refractivity contribution is 0.582. The van der Waals surface area contributed by atoms with Crippen molar-refractivity contribution >= 4 is 45.2 Å². The summed E-state index contributed by atoms with van der Waals surface area (Å²) in [6.07, 6.45) is 3.35. The van der Waals surface area contributed by atoms with Crippen LogP contribution in [-0.2, 0) is 0 Å². The van der Waals surface area contributed by atoms with E-state index in [-0.39, 0.29) is 21.9 Å². The van der Waals surface area contributed by atoms with Crippen LogP contribution >= 0.6 is 11.6 Å². The minimum absolute atomic E-state index is 0.0295. The molecule has 0 aliphatic heterocycles. The van der Waals surface area contributed by atoms with Crippen molar-refractivity contribution in [2.75, 3.05) is 10.7 Å². The van der Waals surface area contributed by atoms with E-state index in [1.807, 2.05) is 6.92 Å². The Balaban J connectivity index is 1.68. The van der Waals surface area contributed by atoms with Crippen LogP contribution in [0.3, 0.4) is 0 Å². The third-order valence-electron chi connectivity index (χ3n) is 5.23. The van der Waals surface area contributed by atoms with Crippen molar-refractivity contribution in [1.82, 2.24) is 29.6 Å². The van der Waals surface area contributed by atoms with Crippen LogP contribution in [0.1, 0.15) is 25.2 Å². The number of benzene rings is 2. The molecule has 0 fully saturated rings.